The molecule has 37 valence electrons. The third-order valence-corrected chi connectivity index (χ3v) is 0. The molecule has 0 aliphatic carbocycles. The Kier molecular flexibility index (Phi) is 115. The molecule has 1 radical (unpaired) electrons. The van der Waals surface area contributed by atoms with Gasteiger partial charge in [-0.15, -0.1) is 0 Å². The molecule has 0 amide bonds. The van der Waals surface area contributed by atoms with Crippen LogP contribution >= 0.6 is 0 Å². The van der Waals surface area contributed by atoms with Crippen molar-refractivity contribution in [2.45, 2.75) is 0 Å². The summed E-state index contributed by atoms with van der Waals surface area (Å²) in [5.41, 5.74) is 0. The van der Waals surface area contributed by atoms with Crippen molar-refractivity contribution in [1.82, 2.24) is 0 Å². The van der Waals surface area contributed by atoms with Gasteiger partial charge in [-0.05, 0) is 0 Å². The summed E-state index contributed by atoms with van der Waals surface area (Å²) in [7, 11) is 0. The second kappa shape index (κ2) is 28.2. The molecule has 0 heterocycles. The van der Waals surface area contributed by atoms with Gasteiger partial charge in [0.2, 0.25) is 0 Å². The predicted molar refractivity (Wildman–Crippen MR) is 14.7 cm³/mol. The third-order valence-electron chi connectivity index (χ3n) is 0. The topological polar surface area (TPSA) is 44.0 Å². The number of nitrogens with zero attached hydrogens (tertiary/aromatic N) is 1. The minimum absolute atomic E-state index is 0. The van der Waals surface area contributed by atoms with Crippen LogP contribution < -0.4 is 0 Å². The van der Waals surface area contributed by atoms with Gasteiger partial charge in [0, 0.05) is 34.1 Å². The van der Waals surface area contributed by atoms with Crippen LogP contribution in [-0.2, 0) is 34.1 Å². The zero-order chi connectivity index (χ0) is 2.71. The number of rotatable bonds is 0. The van der Waals surface area contributed by atoms with Crippen molar-refractivity contribution in [1.29, 1.82) is 5.26 Å². The first-order valence-electron chi connectivity index (χ1n) is 0.447. The summed E-state index contributed by atoms with van der Waals surface area (Å²) in [6.07, 6.45) is 0.750. The Bertz CT molecular complexity index is 37.0. The van der Waals surface area contributed by atoms with Gasteiger partial charge < -0.3 is 5.11 Å². The molecule has 1 N–H and O–H groups in total. The van der Waals surface area contributed by atoms with E-state index in [0.717, 1.165) is 6.26 Å². The SMILES string of the molecule is N#CO.[Cu].[Fe].[KH]. The monoisotopic (exact) mass is 202 g/mol. The number of nitriles is 1. The van der Waals surface area contributed by atoms with Gasteiger partial charge in [0.25, 0.3) is 6.26 Å². The van der Waals surface area contributed by atoms with Crippen molar-refractivity contribution < 1.29 is 39.2 Å². The molecule has 0 fully saturated rings. The number of aliphatic hydroxyl groups is 1. The molecule has 0 aromatic heterocycles. The Hall–Kier alpha value is 1.97. The summed E-state index contributed by atoms with van der Waals surface area (Å²) in [4.78, 5) is 0. The van der Waals surface area contributed by atoms with Crippen LogP contribution in [0.25, 0.3) is 0 Å². The summed E-state index contributed by atoms with van der Waals surface area (Å²) in [6.45, 7) is 0. The second-order valence-corrected chi connectivity index (χ2v) is 0.100. The normalized spacial score (nSPS) is 1.17. The summed E-state index contributed by atoms with van der Waals surface area (Å²) < 4.78 is 0. The van der Waals surface area contributed by atoms with Crippen LogP contribution in [0.3, 0.4) is 0 Å². The molecule has 0 aliphatic rings. The molecule has 0 aromatic rings. The molecule has 2 nitrogen and oxygen atoms in total. The van der Waals surface area contributed by atoms with Gasteiger partial charge in [0.15, 0.2) is 0 Å². The average Bonchev–Trinajstić information content (AvgIpc) is 0.918. The molecule has 0 spiro atoms. The van der Waals surface area contributed by atoms with Gasteiger partial charge in [0.05, 0.1) is 0 Å². The zero-order valence-corrected chi connectivity index (χ0v) is 4.10. The Labute approximate surface area is 100 Å². The molecule has 5 heteroatoms. The Balaban J connectivity index is -0.00000000667. The Morgan fingerprint density at radius 2 is 1.50 bits per heavy atom. The number of hydrogen-bond acceptors (Lipinski definition) is 2. The molecule has 0 saturated heterocycles. The summed E-state index contributed by atoms with van der Waals surface area (Å²) >= 11 is 0. The van der Waals surface area contributed by atoms with Gasteiger partial charge in [-0.25, -0.2) is 0 Å². The van der Waals surface area contributed by atoms with Crippen LogP contribution in [0, 0.1) is 11.5 Å². The van der Waals surface area contributed by atoms with E-state index in [0.29, 0.717) is 0 Å². The summed E-state index contributed by atoms with van der Waals surface area (Å²) in [5.74, 6) is 0. The fraction of sp³-hybridized carbons (Fsp3) is 0. The molecular formula is CH2CuFeKNO. The van der Waals surface area contributed by atoms with Crippen LogP contribution in [-0.4, -0.2) is 56.5 Å². The Morgan fingerprint density at radius 3 is 1.50 bits per heavy atom. The van der Waals surface area contributed by atoms with Crippen molar-refractivity contribution in [3.05, 3.63) is 0 Å². The van der Waals surface area contributed by atoms with Gasteiger partial charge >= 0.3 is 51.4 Å². The van der Waals surface area contributed by atoms with E-state index >= 15 is 0 Å². The first-order chi connectivity index (χ1) is 1.41. The van der Waals surface area contributed by atoms with Crippen LogP contribution in [0.15, 0.2) is 0 Å². The van der Waals surface area contributed by atoms with Crippen molar-refractivity contribution in [2.24, 2.45) is 0 Å². The molecule has 0 rings (SSSR count). The molecular weight excluding hydrogens is 201 g/mol. The van der Waals surface area contributed by atoms with Gasteiger partial charge in [0.1, 0.15) is 0 Å². The van der Waals surface area contributed by atoms with E-state index in [4.69, 9.17) is 10.4 Å². The zero-order valence-electron chi connectivity index (χ0n) is 2.05. The minimum atomic E-state index is 0. The molecule has 0 aromatic carbocycles. The first kappa shape index (κ1) is 24.6. The van der Waals surface area contributed by atoms with Crippen molar-refractivity contribution in [3.63, 3.8) is 0 Å². The maximum absolute atomic E-state index is 6.88. The molecule has 0 aliphatic heterocycles. The van der Waals surface area contributed by atoms with Gasteiger partial charge in [-0.2, -0.15) is 5.26 Å². The first-order valence-corrected chi connectivity index (χ1v) is 0.447. The fourth-order valence-corrected chi connectivity index (χ4v) is 0. The van der Waals surface area contributed by atoms with Gasteiger partial charge in [-0.1, -0.05) is 0 Å². The van der Waals surface area contributed by atoms with E-state index in [1.807, 2.05) is 0 Å². The van der Waals surface area contributed by atoms with Crippen molar-refractivity contribution in [2.75, 3.05) is 0 Å². The van der Waals surface area contributed by atoms with Crippen molar-refractivity contribution in [3.8, 4) is 6.26 Å². The van der Waals surface area contributed by atoms with E-state index in [1.54, 1.807) is 0 Å². The molecule has 0 bridgehead atoms. The second-order valence-electron chi connectivity index (χ2n) is 0.100. The van der Waals surface area contributed by atoms with E-state index in [9.17, 15) is 0 Å². The van der Waals surface area contributed by atoms with Gasteiger partial charge in [-0.3, -0.25) is 0 Å². The Morgan fingerprint density at radius 1 is 1.50 bits per heavy atom. The van der Waals surface area contributed by atoms with E-state index < -0.39 is 0 Å². The van der Waals surface area contributed by atoms with E-state index in [2.05, 4.69) is 0 Å². The molecule has 0 saturated carbocycles. The standard InChI is InChI=1S/CHNO.Cu.Fe.K.H/c2-1-3;;;;/h3H;;;;. The van der Waals surface area contributed by atoms with Crippen LogP contribution in [0.2, 0.25) is 0 Å². The van der Waals surface area contributed by atoms with Crippen LogP contribution in [0.1, 0.15) is 0 Å². The summed E-state index contributed by atoms with van der Waals surface area (Å²) in [5, 5.41) is 13.8. The maximum atomic E-state index is 6.88. The van der Waals surface area contributed by atoms with Crippen LogP contribution in [0.4, 0.5) is 0 Å². The van der Waals surface area contributed by atoms with Crippen LogP contribution in [0.5, 0.6) is 0 Å². The summed E-state index contributed by atoms with van der Waals surface area (Å²) in [6, 6.07) is 0. The third kappa shape index (κ3) is 38.1. The van der Waals surface area contributed by atoms with E-state index in [-0.39, 0.29) is 85.5 Å². The van der Waals surface area contributed by atoms with Crippen molar-refractivity contribution >= 4 is 51.4 Å². The number of hydrogen-bond donors (Lipinski definition) is 1. The molecule has 0 atom stereocenters. The predicted octanol–water partition coefficient (Wildman–Crippen LogP) is -0.814. The molecule has 6 heavy (non-hydrogen) atoms. The average molecular weight is 203 g/mol. The molecule has 0 unspecified atom stereocenters. The fourth-order valence-electron chi connectivity index (χ4n) is 0. The number of aliphatic hydroxyl groups excluding tert-OH is 1. The quantitative estimate of drug-likeness (QED) is 0.412. The van der Waals surface area contributed by atoms with E-state index in [1.165, 1.54) is 0 Å².